The number of rotatable bonds is 6. The average molecular weight is 382 g/mol. The highest BCUT2D eigenvalue weighted by Gasteiger charge is 2.39. The molecule has 1 aliphatic rings. The monoisotopic (exact) mass is 381 g/mol. The molecule has 1 heterocycles. The molecule has 0 radical (unpaired) electrons. The van der Waals surface area contributed by atoms with Gasteiger partial charge in [-0.15, -0.1) is 0 Å². The molecule has 2 aromatic rings. The second-order valence-electron chi connectivity index (χ2n) is 8.29. The number of ether oxygens (including phenoxy) is 1. The molecule has 0 spiro atoms. The van der Waals surface area contributed by atoms with Crippen LogP contribution in [0.3, 0.4) is 0 Å². The summed E-state index contributed by atoms with van der Waals surface area (Å²) < 4.78 is 5.08. The Labute approximate surface area is 168 Å². The lowest BCUT2D eigenvalue weighted by Gasteiger charge is -2.45. The summed E-state index contributed by atoms with van der Waals surface area (Å²) in [5.74, 6) is 0.433. The molecule has 1 N–H and O–H groups in total. The molecule has 4 nitrogen and oxygen atoms in total. The van der Waals surface area contributed by atoms with E-state index < -0.39 is 0 Å². The van der Waals surface area contributed by atoms with E-state index in [-0.39, 0.29) is 17.3 Å². The molecule has 1 fully saturated rings. The van der Waals surface area contributed by atoms with Crippen LogP contribution in [0.1, 0.15) is 31.4 Å². The van der Waals surface area contributed by atoms with Gasteiger partial charge in [-0.05, 0) is 54.0 Å². The standard InChI is InChI=1S/C24H31NO3/c1-18-16-25(13-12-24(18,2)21-10-7-11-22(26)15-21)17-20(23(27)28-3)14-19-8-5-4-6-9-19/h4-11,15,18,20,26H,12-14,16-17H2,1-3H3/t18-,20+,24+/m1/s1. The Balaban J connectivity index is 1.68. The third-order valence-corrected chi connectivity index (χ3v) is 6.41. The van der Waals surface area contributed by atoms with Crippen molar-refractivity contribution in [3.63, 3.8) is 0 Å². The highest BCUT2D eigenvalue weighted by molar-refractivity contribution is 5.73. The number of likely N-dealkylation sites (tertiary alicyclic amines) is 1. The van der Waals surface area contributed by atoms with Crippen LogP contribution in [0.4, 0.5) is 0 Å². The van der Waals surface area contributed by atoms with E-state index in [0.717, 1.165) is 25.1 Å². The van der Waals surface area contributed by atoms with Gasteiger partial charge in [-0.25, -0.2) is 0 Å². The maximum Gasteiger partial charge on any atom is 0.310 e. The summed E-state index contributed by atoms with van der Waals surface area (Å²) in [5, 5.41) is 9.88. The molecule has 1 aliphatic heterocycles. The molecule has 0 saturated carbocycles. The zero-order chi connectivity index (χ0) is 20.1. The quantitative estimate of drug-likeness (QED) is 0.768. The van der Waals surface area contributed by atoms with E-state index in [9.17, 15) is 9.90 Å². The van der Waals surface area contributed by atoms with Crippen LogP contribution in [0.2, 0.25) is 0 Å². The molecule has 4 heteroatoms. The highest BCUT2D eigenvalue weighted by atomic mass is 16.5. The lowest BCUT2D eigenvalue weighted by atomic mass is 9.68. The van der Waals surface area contributed by atoms with Gasteiger partial charge in [0.2, 0.25) is 0 Å². The van der Waals surface area contributed by atoms with Crippen LogP contribution < -0.4 is 0 Å². The first-order chi connectivity index (χ1) is 13.4. The minimum atomic E-state index is -0.162. The van der Waals surface area contributed by atoms with Crippen LogP contribution in [0, 0.1) is 11.8 Å². The number of esters is 1. The third-order valence-electron chi connectivity index (χ3n) is 6.41. The number of hydrogen-bond donors (Lipinski definition) is 1. The molecular weight excluding hydrogens is 350 g/mol. The Morgan fingerprint density at radius 1 is 1.25 bits per heavy atom. The summed E-state index contributed by atoms with van der Waals surface area (Å²) >= 11 is 0. The maximum atomic E-state index is 12.4. The van der Waals surface area contributed by atoms with E-state index in [0.29, 0.717) is 24.6 Å². The second-order valence-corrected chi connectivity index (χ2v) is 8.29. The Bertz CT molecular complexity index is 791. The molecule has 0 amide bonds. The summed E-state index contributed by atoms with van der Waals surface area (Å²) in [5.41, 5.74) is 2.37. The highest BCUT2D eigenvalue weighted by Crippen LogP contribution is 2.40. The predicted molar refractivity (Wildman–Crippen MR) is 111 cm³/mol. The van der Waals surface area contributed by atoms with Gasteiger partial charge in [0.1, 0.15) is 5.75 Å². The van der Waals surface area contributed by atoms with Gasteiger partial charge < -0.3 is 14.7 Å². The number of carbonyl (C=O) groups excluding carboxylic acids is 1. The lowest BCUT2D eigenvalue weighted by Crippen LogP contribution is -2.49. The van der Waals surface area contributed by atoms with Crippen molar-refractivity contribution in [3.05, 3.63) is 65.7 Å². The second kappa shape index (κ2) is 8.78. The van der Waals surface area contributed by atoms with Crippen molar-refractivity contribution in [2.24, 2.45) is 11.8 Å². The fourth-order valence-electron chi connectivity index (χ4n) is 4.37. The number of piperidine rings is 1. The van der Waals surface area contributed by atoms with Crippen LogP contribution in [-0.4, -0.2) is 42.7 Å². The average Bonchev–Trinajstić information content (AvgIpc) is 2.70. The molecule has 0 aromatic heterocycles. The molecule has 1 saturated heterocycles. The molecule has 0 aliphatic carbocycles. The Morgan fingerprint density at radius 3 is 2.64 bits per heavy atom. The van der Waals surface area contributed by atoms with Gasteiger partial charge in [0.15, 0.2) is 0 Å². The van der Waals surface area contributed by atoms with E-state index in [1.54, 1.807) is 6.07 Å². The minimum absolute atomic E-state index is 0.0232. The van der Waals surface area contributed by atoms with Crippen molar-refractivity contribution >= 4 is 5.97 Å². The van der Waals surface area contributed by atoms with Gasteiger partial charge in [0, 0.05) is 13.1 Å². The number of phenolic OH excluding ortho intramolecular Hbond substituents is 1. The Morgan fingerprint density at radius 2 is 2.00 bits per heavy atom. The van der Waals surface area contributed by atoms with Gasteiger partial charge in [0.05, 0.1) is 13.0 Å². The summed E-state index contributed by atoms with van der Waals surface area (Å²) in [6, 6.07) is 17.8. The van der Waals surface area contributed by atoms with Gasteiger partial charge in [-0.3, -0.25) is 4.79 Å². The Kier molecular flexibility index (Phi) is 6.40. The molecule has 0 bridgehead atoms. The van der Waals surface area contributed by atoms with Gasteiger partial charge in [0.25, 0.3) is 0 Å². The van der Waals surface area contributed by atoms with E-state index in [1.165, 1.54) is 12.7 Å². The van der Waals surface area contributed by atoms with Crippen molar-refractivity contribution in [2.45, 2.75) is 32.1 Å². The number of aromatic hydroxyl groups is 1. The van der Waals surface area contributed by atoms with Crippen LogP contribution >= 0.6 is 0 Å². The molecule has 3 rings (SSSR count). The van der Waals surface area contributed by atoms with E-state index in [4.69, 9.17) is 4.74 Å². The molecule has 28 heavy (non-hydrogen) atoms. The summed E-state index contributed by atoms with van der Waals surface area (Å²) in [4.78, 5) is 14.8. The normalized spacial score (nSPS) is 23.9. The Hall–Kier alpha value is -2.33. The summed E-state index contributed by atoms with van der Waals surface area (Å²) in [7, 11) is 1.47. The zero-order valence-corrected chi connectivity index (χ0v) is 17.1. The SMILES string of the molecule is COC(=O)[C@@H](Cc1ccccc1)CN1CC[C@](C)(c2cccc(O)c2)[C@H](C)C1. The number of carbonyl (C=O) groups is 1. The van der Waals surface area contributed by atoms with Crippen molar-refractivity contribution < 1.29 is 14.6 Å². The number of methoxy groups -OCH3 is 1. The maximum absolute atomic E-state index is 12.4. The van der Waals surface area contributed by atoms with E-state index >= 15 is 0 Å². The van der Waals surface area contributed by atoms with Gasteiger partial charge in [-0.1, -0.05) is 56.3 Å². The molecule has 150 valence electrons. The summed E-state index contributed by atoms with van der Waals surface area (Å²) in [6.45, 7) is 7.11. The fourth-order valence-corrected chi connectivity index (χ4v) is 4.37. The van der Waals surface area contributed by atoms with E-state index in [1.807, 2.05) is 30.3 Å². The predicted octanol–water partition coefficient (Wildman–Crippen LogP) is 4.02. The first-order valence-electron chi connectivity index (χ1n) is 10.1. The van der Waals surface area contributed by atoms with Crippen molar-refractivity contribution in [3.8, 4) is 5.75 Å². The smallest absolute Gasteiger partial charge is 0.310 e. The van der Waals surface area contributed by atoms with Crippen LogP contribution in [-0.2, 0) is 21.4 Å². The van der Waals surface area contributed by atoms with Crippen molar-refractivity contribution in [1.82, 2.24) is 4.90 Å². The third kappa shape index (κ3) is 4.56. The first-order valence-corrected chi connectivity index (χ1v) is 10.1. The number of hydrogen-bond acceptors (Lipinski definition) is 4. The number of benzene rings is 2. The molecule has 3 atom stereocenters. The molecule has 2 aromatic carbocycles. The van der Waals surface area contributed by atoms with Crippen LogP contribution in [0.15, 0.2) is 54.6 Å². The van der Waals surface area contributed by atoms with Gasteiger partial charge >= 0.3 is 5.97 Å². The lowest BCUT2D eigenvalue weighted by molar-refractivity contribution is -0.146. The topological polar surface area (TPSA) is 49.8 Å². The number of nitrogens with zero attached hydrogens (tertiary/aromatic N) is 1. The van der Waals surface area contributed by atoms with Gasteiger partial charge in [-0.2, -0.15) is 0 Å². The van der Waals surface area contributed by atoms with Crippen LogP contribution in [0.5, 0.6) is 5.75 Å². The summed E-state index contributed by atoms with van der Waals surface area (Å²) in [6.07, 6.45) is 1.69. The van der Waals surface area contributed by atoms with Crippen LogP contribution in [0.25, 0.3) is 0 Å². The van der Waals surface area contributed by atoms with E-state index in [2.05, 4.69) is 36.9 Å². The number of phenols is 1. The molecule has 0 unspecified atom stereocenters. The largest absolute Gasteiger partial charge is 0.508 e. The molecular formula is C24H31NO3. The fraction of sp³-hybridized carbons (Fsp3) is 0.458. The minimum Gasteiger partial charge on any atom is -0.508 e. The van der Waals surface area contributed by atoms with Crippen molar-refractivity contribution in [2.75, 3.05) is 26.7 Å². The first kappa shape index (κ1) is 20.4. The zero-order valence-electron chi connectivity index (χ0n) is 17.1. The van der Waals surface area contributed by atoms with Crippen molar-refractivity contribution in [1.29, 1.82) is 0 Å².